The van der Waals surface area contributed by atoms with Crippen molar-refractivity contribution in [3.05, 3.63) is 86.1 Å². The van der Waals surface area contributed by atoms with Crippen LogP contribution in [-0.4, -0.2) is 29.5 Å². The van der Waals surface area contributed by atoms with Gasteiger partial charge in [-0.3, -0.25) is 24.7 Å². The van der Waals surface area contributed by atoms with Gasteiger partial charge in [0.05, 0.1) is 12.0 Å². The highest BCUT2D eigenvalue weighted by Crippen LogP contribution is 2.47. The molecule has 1 heterocycles. The summed E-state index contributed by atoms with van der Waals surface area (Å²) in [6, 6.07) is 13.5. The van der Waals surface area contributed by atoms with Crippen LogP contribution in [0.3, 0.4) is 0 Å². The Kier molecular flexibility index (Phi) is 5.93. The Morgan fingerprint density at radius 3 is 2.62 bits per heavy atom. The van der Waals surface area contributed by atoms with E-state index in [1.807, 2.05) is 18.2 Å². The largest absolute Gasteiger partial charge is 0.468 e. The smallest absolute Gasteiger partial charge is 0.315 e. The van der Waals surface area contributed by atoms with Gasteiger partial charge in [0, 0.05) is 46.5 Å². The van der Waals surface area contributed by atoms with E-state index >= 15 is 0 Å². The van der Waals surface area contributed by atoms with Crippen molar-refractivity contribution < 1.29 is 19.2 Å². The highest BCUT2D eigenvalue weighted by atomic mass is 35.5. The molecular formula is C24H21ClN2O5. The molecule has 1 unspecified atom stereocenters. The first-order valence-corrected chi connectivity index (χ1v) is 10.6. The molecule has 2 aromatic rings. The number of Topliss-reactive ketones (excluding diaryl/α,β-unsaturated/α-hetero) is 1. The van der Waals surface area contributed by atoms with Gasteiger partial charge in [-0.25, -0.2) is 0 Å². The zero-order valence-electron chi connectivity index (χ0n) is 17.6. The Morgan fingerprint density at radius 1 is 1.19 bits per heavy atom. The van der Waals surface area contributed by atoms with Gasteiger partial charge in [0.2, 0.25) is 0 Å². The van der Waals surface area contributed by atoms with E-state index in [2.05, 4.69) is 4.99 Å². The predicted octanol–water partition coefficient (Wildman–Crippen LogP) is 5.00. The molecule has 0 radical (unpaired) electrons. The molecule has 0 amide bonds. The first-order valence-electron chi connectivity index (χ1n) is 10.2. The molecule has 0 bridgehead atoms. The summed E-state index contributed by atoms with van der Waals surface area (Å²) < 4.78 is 5.01. The summed E-state index contributed by atoms with van der Waals surface area (Å²) in [6.45, 7) is 1.72. The summed E-state index contributed by atoms with van der Waals surface area (Å²) in [6.07, 6.45) is 0.706. The second-order valence-corrected chi connectivity index (χ2v) is 8.40. The lowest BCUT2D eigenvalue weighted by Gasteiger charge is -2.36. The highest BCUT2D eigenvalue weighted by Gasteiger charge is 2.45. The average Bonchev–Trinajstić information content (AvgIpc) is 2.77. The number of hydrogen-bond acceptors (Lipinski definition) is 6. The number of ether oxygens (including phenoxy) is 1. The van der Waals surface area contributed by atoms with Gasteiger partial charge in [-0.2, -0.15) is 0 Å². The van der Waals surface area contributed by atoms with Crippen LogP contribution in [-0.2, 0) is 14.3 Å². The minimum Gasteiger partial charge on any atom is -0.468 e. The number of methoxy groups -OCH3 is 1. The summed E-state index contributed by atoms with van der Waals surface area (Å²) in [7, 11) is 1.28. The molecule has 0 spiro atoms. The van der Waals surface area contributed by atoms with E-state index in [0.29, 0.717) is 34.0 Å². The SMILES string of the molecule is COC(=O)C1C(C)=NC2=C(C(=O)C[C@@H](c3ccccc3Cl)C2)[C@H]1c1cccc([N+](=O)[O-])c1. The van der Waals surface area contributed by atoms with Crippen molar-refractivity contribution in [3.8, 4) is 0 Å². The van der Waals surface area contributed by atoms with Gasteiger partial charge >= 0.3 is 5.97 Å². The number of ketones is 1. The molecule has 32 heavy (non-hydrogen) atoms. The van der Waals surface area contributed by atoms with Gasteiger partial charge in [0.25, 0.3) is 5.69 Å². The Morgan fingerprint density at radius 2 is 1.94 bits per heavy atom. The molecule has 0 N–H and O–H groups in total. The van der Waals surface area contributed by atoms with Crippen LogP contribution in [0.15, 0.2) is 64.8 Å². The van der Waals surface area contributed by atoms with Gasteiger partial charge in [0.15, 0.2) is 5.78 Å². The lowest BCUT2D eigenvalue weighted by molar-refractivity contribution is -0.384. The van der Waals surface area contributed by atoms with Gasteiger partial charge in [-0.1, -0.05) is 41.9 Å². The van der Waals surface area contributed by atoms with E-state index in [4.69, 9.17) is 16.3 Å². The number of rotatable bonds is 4. The van der Waals surface area contributed by atoms with Crippen LogP contribution in [0.2, 0.25) is 5.02 Å². The van der Waals surface area contributed by atoms with Crippen molar-refractivity contribution in [2.24, 2.45) is 10.9 Å². The number of nitrogens with zero attached hydrogens (tertiary/aromatic N) is 2. The molecule has 0 saturated heterocycles. The second-order valence-electron chi connectivity index (χ2n) is 7.99. The number of hydrogen-bond donors (Lipinski definition) is 0. The maximum absolute atomic E-state index is 13.4. The van der Waals surface area contributed by atoms with Crippen molar-refractivity contribution in [1.29, 1.82) is 0 Å². The maximum atomic E-state index is 13.4. The Balaban J connectivity index is 1.85. The predicted molar refractivity (Wildman–Crippen MR) is 120 cm³/mol. The van der Waals surface area contributed by atoms with E-state index in [1.54, 1.807) is 25.1 Å². The molecule has 7 nitrogen and oxygen atoms in total. The van der Waals surface area contributed by atoms with Crippen LogP contribution in [0.1, 0.15) is 42.7 Å². The summed E-state index contributed by atoms with van der Waals surface area (Å²) in [5, 5.41) is 11.9. The maximum Gasteiger partial charge on any atom is 0.315 e. The quantitative estimate of drug-likeness (QED) is 0.369. The standard InChI is InChI=1S/C24H21ClN2O5/c1-13-21(24(29)32-2)22(14-6-5-7-16(10-14)27(30)31)23-19(26-13)11-15(12-20(23)28)17-8-3-4-9-18(17)25/h3-10,15,21-22H,11-12H2,1-2H3/t15-,21?,22-/m0/s1. The number of allylic oxidation sites excluding steroid dienone is 2. The Labute approximate surface area is 189 Å². The van der Waals surface area contributed by atoms with Crippen LogP contribution < -0.4 is 0 Å². The zero-order valence-corrected chi connectivity index (χ0v) is 18.3. The first-order chi connectivity index (χ1) is 15.3. The molecule has 1 aliphatic heterocycles. The van der Waals surface area contributed by atoms with Crippen molar-refractivity contribution in [1.82, 2.24) is 0 Å². The minimum absolute atomic E-state index is 0.106. The van der Waals surface area contributed by atoms with E-state index < -0.39 is 22.7 Å². The number of carbonyl (C=O) groups excluding carboxylic acids is 2. The van der Waals surface area contributed by atoms with Gasteiger partial charge < -0.3 is 4.74 Å². The molecule has 2 aliphatic rings. The van der Waals surface area contributed by atoms with Crippen LogP contribution in [0, 0.1) is 16.0 Å². The normalized spacial score (nSPS) is 22.8. The fraction of sp³-hybridized carbons (Fsp3) is 0.292. The Hall–Kier alpha value is -3.32. The van der Waals surface area contributed by atoms with Crippen molar-refractivity contribution in [3.63, 3.8) is 0 Å². The highest BCUT2D eigenvalue weighted by molar-refractivity contribution is 6.31. The third-order valence-electron chi connectivity index (χ3n) is 6.13. The molecule has 2 aromatic carbocycles. The molecule has 0 saturated carbocycles. The topological polar surface area (TPSA) is 98.9 Å². The van der Waals surface area contributed by atoms with Crippen LogP contribution in [0.25, 0.3) is 0 Å². The third-order valence-corrected chi connectivity index (χ3v) is 6.47. The minimum atomic E-state index is -0.832. The summed E-state index contributed by atoms with van der Waals surface area (Å²) in [5.74, 6) is -2.34. The summed E-state index contributed by atoms with van der Waals surface area (Å²) >= 11 is 6.38. The van der Waals surface area contributed by atoms with Crippen LogP contribution >= 0.6 is 11.6 Å². The summed E-state index contributed by atoms with van der Waals surface area (Å²) in [4.78, 5) is 41.6. The average molecular weight is 453 g/mol. The van der Waals surface area contributed by atoms with E-state index in [0.717, 1.165) is 5.56 Å². The molecule has 0 fully saturated rings. The number of carbonyl (C=O) groups is 2. The van der Waals surface area contributed by atoms with E-state index in [-0.39, 0.29) is 23.8 Å². The number of esters is 1. The van der Waals surface area contributed by atoms with Crippen molar-refractivity contribution in [2.75, 3.05) is 7.11 Å². The third kappa shape index (κ3) is 3.84. The number of benzene rings is 2. The lowest BCUT2D eigenvalue weighted by atomic mass is 9.69. The van der Waals surface area contributed by atoms with Gasteiger partial charge in [0.1, 0.15) is 5.92 Å². The fourth-order valence-electron chi connectivity index (χ4n) is 4.71. The summed E-state index contributed by atoms with van der Waals surface area (Å²) in [5.41, 5.74) is 2.82. The molecule has 4 rings (SSSR count). The molecule has 8 heteroatoms. The van der Waals surface area contributed by atoms with E-state index in [9.17, 15) is 19.7 Å². The molecule has 1 aliphatic carbocycles. The molecule has 164 valence electrons. The van der Waals surface area contributed by atoms with E-state index in [1.165, 1.54) is 19.2 Å². The zero-order chi connectivity index (χ0) is 23.0. The van der Waals surface area contributed by atoms with Gasteiger partial charge in [-0.05, 0) is 36.5 Å². The number of halogens is 1. The number of nitro benzene ring substituents is 1. The first kappa shape index (κ1) is 21.9. The number of aliphatic imine (C=N–C) groups is 1. The lowest BCUT2D eigenvalue weighted by Crippen LogP contribution is -2.37. The molecule has 0 aromatic heterocycles. The molecular weight excluding hydrogens is 432 g/mol. The number of non-ortho nitro benzene ring substituents is 1. The van der Waals surface area contributed by atoms with Crippen molar-refractivity contribution in [2.45, 2.75) is 31.6 Å². The van der Waals surface area contributed by atoms with Crippen LogP contribution in [0.5, 0.6) is 0 Å². The van der Waals surface area contributed by atoms with Crippen LogP contribution in [0.4, 0.5) is 5.69 Å². The second kappa shape index (κ2) is 8.67. The van der Waals surface area contributed by atoms with Crippen molar-refractivity contribution >= 4 is 34.8 Å². The number of nitro groups is 1. The molecule has 3 atom stereocenters. The van der Waals surface area contributed by atoms with Gasteiger partial charge in [-0.15, -0.1) is 0 Å². The fourth-order valence-corrected chi connectivity index (χ4v) is 5.00. The Bertz CT molecular complexity index is 1190. The monoisotopic (exact) mass is 452 g/mol.